The quantitative estimate of drug-likeness (QED) is 0.530. The molecule has 0 radical (unpaired) electrons. The largest absolute Gasteiger partial charge is 0.393 e. The van der Waals surface area contributed by atoms with E-state index in [1.807, 2.05) is 0 Å². The summed E-state index contributed by atoms with van der Waals surface area (Å²) in [7, 11) is -3.32. The first kappa shape index (κ1) is 23.0. The lowest BCUT2D eigenvalue weighted by atomic mass is 10.0. The van der Waals surface area contributed by atoms with Crippen molar-refractivity contribution in [1.29, 1.82) is 0 Å². The van der Waals surface area contributed by atoms with Gasteiger partial charge in [0.15, 0.2) is 9.84 Å². The highest BCUT2D eigenvalue weighted by Gasteiger charge is 2.37. The minimum atomic E-state index is -4.48. The number of nitrogens with one attached hydrogen (secondary N) is 1. The summed E-state index contributed by atoms with van der Waals surface area (Å²) in [5.74, 6) is -0.132. The van der Waals surface area contributed by atoms with Crippen molar-refractivity contribution in [3.63, 3.8) is 0 Å². The average molecular weight is 481 g/mol. The van der Waals surface area contributed by atoms with E-state index in [4.69, 9.17) is 5.73 Å². The molecule has 0 aliphatic heterocycles. The Morgan fingerprint density at radius 1 is 1.18 bits per heavy atom. The summed E-state index contributed by atoms with van der Waals surface area (Å²) >= 11 is 0. The number of anilines is 2. The Kier molecular flexibility index (Phi) is 5.81. The Morgan fingerprint density at radius 2 is 1.85 bits per heavy atom. The van der Waals surface area contributed by atoms with Gasteiger partial charge in [-0.05, 0) is 51.0 Å². The highest BCUT2D eigenvalue weighted by Crippen LogP contribution is 2.36. The molecule has 2 heterocycles. The smallest absolute Gasteiger partial charge is 0.370 e. The first-order chi connectivity index (χ1) is 15.5. The van der Waals surface area contributed by atoms with Gasteiger partial charge in [-0.25, -0.2) is 18.1 Å². The van der Waals surface area contributed by atoms with Gasteiger partial charge in [-0.15, -0.1) is 0 Å². The molecule has 0 unspecified atom stereocenters. The molecule has 2 aromatic heterocycles. The number of hydrogen-bond donors (Lipinski definition) is 2. The lowest BCUT2D eigenvalue weighted by Crippen LogP contribution is -2.17. The summed E-state index contributed by atoms with van der Waals surface area (Å²) in [5, 5.41) is 6.82. The second-order valence-corrected chi connectivity index (χ2v) is 10.1. The van der Waals surface area contributed by atoms with Crippen molar-refractivity contribution in [2.75, 3.05) is 17.6 Å². The van der Waals surface area contributed by atoms with E-state index < -0.39 is 22.4 Å². The van der Waals surface area contributed by atoms with Gasteiger partial charge in [-0.3, -0.25) is 0 Å². The maximum Gasteiger partial charge on any atom is 0.393 e. The molecule has 8 nitrogen and oxygen atoms in total. The topological polar surface area (TPSA) is 116 Å². The predicted octanol–water partition coefficient (Wildman–Crippen LogP) is 3.69. The van der Waals surface area contributed by atoms with Crippen LogP contribution < -0.4 is 11.1 Å². The molecule has 33 heavy (non-hydrogen) atoms. The van der Waals surface area contributed by atoms with Crippen molar-refractivity contribution in [3.05, 3.63) is 41.7 Å². The minimum Gasteiger partial charge on any atom is -0.370 e. The summed E-state index contributed by atoms with van der Waals surface area (Å²) < 4.78 is 66.4. The van der Waals surface area contributed by atoms with Crippen molar-refractivity contribution in [2.24, 2.45) is 0 Å². The number of halogens is 3. The summed E-state index contributed by atoms with van der Waals surface area (Å²) in [4.78, 5) is 8.30. The van der Waals surface area contributed by atoms with Crippen molar-refractivity contribution in [2.45, 2.75) is 49.4 Å². The van der Waals surface area contributed by atoms with Gasteiger partial charge in [0.2, 0.25) is 5.95 Å². The van der Waals surface area contributed by atoms with Crippen LogP contribution in [0.25, 0.3) is 16.9 Å². The second kappa shape index (κ2) is 8.32. The van der Waals surface area contributed by atoms with Crippen LogP contribution in [0.2, 0.25) is 0 Å². The van der Waals surface area contributed by atoms with Gasteiger partial charge in [0.1, 0.15) is 5.82 Å². The minimum absolute atomic E-state index is 0.0270. The van der Waals surface area contributed by atoms with Crippen LogP contribution in [0.3, 0.4) is 0 Å². The molecular formula is C21H23F3N6O2S. The molecule has 4 rings (SSSR count). The number of sulfone groups is 1. The van der Waals surface area contributed by atoms with E-state index in [0.29, 0.717) is 36.3 Å². The number of aromatic nitrogens is 4. The van der Waals surface area contributed by atoms with Crippen LogP contribution in [0.15, 0.2) is 35.4 Å². The van der Waals surface area contributed by atoms with Crippen LogP contribution in [-0.2, 0) is 16.3 Å². The van der Waals surface area contributed by atoms with Crippen LogP contribution in [0.4, 0.5) is 24.9 Å². The molecule has 3 N–H and O–H groups in total. The second-order valence-electron chi connectivity index (χ2n) is 7.87. The maximum absolute atomic E-state index is 13.3. The average Bonchev–Trinajstić information content (AvgIpc) is 3.53. The zero-order valence-electron chi connectivity index (χ0n) is 18.0. The molecule has 0 spiro atoms. The number of hydrogen-bond acceptors (Lipinski definition) is 7. The molecule has 1 aromatic carbocycles. The number of benzene rings is 1. The number of nitrogens with two attached hydrogens (primary N) is 1. The van der Waals surface area contributed by atoms with Crippen LogP contribution in [0.1, 0.15) is 31.0 Å². The van der Waals surface area contributed by atoms with Gasteiger partial charge in [0.25, 0.3) is 0 Å². The predicted molar refractivity (Wildman–Crippen MR) is 118 cm³/mol. The van der Waals surface area contributed by atoms with Crippen molar-refractivity contribution >= 4 is 21.6 Å². The van der Waals surface area contributed by atoms with Gasteiger partial charge < -0.3 is 11.1 Å². The normalized spacial score (nSPS) is 14.5. The molecule has 3 aromatic rings. The lowest BCUT2D eigenvalue weighted by Gasteiger charge is -2.16. The highest BCUT2D eigenvalue weighted by molar-refractivity contribution is 7.92. The van der Waals surface area contributed by atoms with E-state index in [1.165, 1.54) is 23.0 Å². The number of alkyl halides is 3. The Balaban J connectivity index is 1.76. The molecule has 1 aliphatic rings. The van der Waals surface area contributed by atoms with Gasteiger partial charge in [0.05, 0.1) is 39.8 Å². The molecule has 1 saturated carbocycles. The molecule has 0 amide bonds. The van der Waals surface area contributed by atoms with Crippen LogP contribution in [0.5, 0.6) is 0 Å². The number of nitrogen functional groups attached to an aromatic ring is 1. The van der Waals surface area contributed by atoms with Crippen LogP contribution in [0, 0.1) is 6.92 Å². The third kappa shape index (κ3) is 4.65. The van der Waals surface area contributed by atoms with Crippen molar-refractivity contribution in [3.8, 4) is 16.9 Å². The monoisotopic (exact) mass is 480 g/mol. The molecule has 1 fully saturated rings. The number of rotatable bonds is 7. The summed E-state index contributed by atoms with van der Waals surface area (Å²) in [6.45, 7) is 3.79. The first-order valence-corrected chi connectivity index (χ1v) is 11.9. The molecule has 0 bridgehead atoms. The van der Waals surface area contributed by atoms with Gasteiger partial charge in [-0.1, -0.05) is 0 Å². The van der Waals surface area contributed by atoms with E-state index in [9.17, 15) is 21.6 Å². The van der Waals surface area contributed by atoms with Crippen LogP contribution in [-0.4, -0.2) is 46.1 Å². The SMILES string of the molecule is CCNc1nc(N)nc(-c2cnn(-c3ccc(S(=O)(=O)C4CC4)cc3)c2C)c1CC(F)(F)F. The molecular weight excluding hydrogens is 457 g/mol. The third-order valence-electron chi connectivity index (χ3n) is 5.38. The lowest BCUT2D eigenvalue weighted by molar-refractivity contribution is -0.127. The van der Waals surface area contributed by atoms with E-state index in [-0.39, 0.29) is 33.2 Å². The van der Waals surface area contributed by atoms with Crippen molar-refractivity contribution in [1.82, 2.24) is 19.7 Å². The first-order valence-electron chi connectivity index (χ1n) is 10.4. The maximum atomic E-state index is 13.3. The van der Waals surface area contributed by atoms with Crippen LogP contribution >= 0.6 is 0 Å². The van der Waals surface area contributed by atoms with Gasteiger partial charge in [-0.2, -0.15) is 23.3 Å². The summed E-state index contributed by atoms with van der Waals surface area (Å²) in [6, 6.07) is 6.28. The fourth-order valence-electron chi connectivity index (χ4n) is 3.66. The highest BCUT2D eigenvalue weighted by atomic mass is 32.2. The van der Waals surface area contributed by atoms with E-state index in [1.54, 1.807) is 26.0 Å². The van der Waals surface area contributed by atoms with E-state index in [2.05, 4.69) is 20.4 Å². The molecule has 0 atom stereocenters. The summed E-state index contributed by atoms with van der Waals surface area (Å²) in [6.07, 6.45) is -2.96. The molecule has 0 saturated heterocycles. The van der Waals surface area contributed by atoms with Crippen molar-refractivity contribution < 1.29 is 21.6 Å². The fraction of sp³-hybridized carbons (Fsp3) is 0.381. The van der Waals surface area contributed by atoms with Gasteiger partial charge in [0, 0.05) is 17.7 Å². The number of nitrogens with zero attached hydrogens (tertiary/aromatic N) is 4. The molecule has 12 heteroatoms. The Morgan fingerprint density at radius 3 is 2.42 bits per heavy atom. The third-order valence-corrected chi connectivity index (χ3v) is 7.66. The fourth-order valence-corrected chi connectivity index (χ4v) is 5.31. The zero-order valence-corrected chi connectivity index (χ0v) is 18.8. The standard InChI is InChI=1S/C21H23F3N6O2S/c1-3-26-19-16(10-21(22,23)24)18(28-20(25)29-19)17-11-27-30(12(17)2)13-4-6-14(7-5-13)33(31,32)15-8-9-15/h4-7,11,15H,3,8-10H2,1-2H3,(H3,25,26,28,29). The summed E-state index contributed by atoms with van der Waals surface area (Å²) in [5.41, 5.74) is 7.18. The Labute approximate surface area is 189 Å². The van der Waals surface area contributed by atoms with E-state index in [0.717, 1.165) is 0 Å². The van der Waals surface area contributed by atoms with E-state index >= 15 is 0 Å². The van der Waals surface area contributed by atoms with Gasteiger partial charge >= 0.3 is 6.18 Å². The Bertz CT molecular complexity index is 1280. The molecule has 1 aliphatic carbocycles. The molecule has 176 valence electrons. The zero-order chi connectivity index (χ0) is 24.0. The Hall–Kier alpha value is -3.15.